The van der Waals surface area contributed by atoms with Gasteiger partial charge >= 0.3 is 0 Å². The molecule has 0 saturated carbocycles. The summed E-state index contributed by atoms with van der Waals surface area (Å²) in [5, 5.41) is 4.89. The first-order valence-corrected chi connectivity index (χ1v) is 17.3. The summed E-state index contributed by atoms with van der Waals surface area (Å²) in [7, 11) is 0. The summed E-state index contributed by atoms with van der Waals surface area (Å²) < 4.78 is 0. The van der Waals surface area contributed by atoms with E-state index in [0.29, 0.717) is 11.8 Å². The van der Waals surface area contributed by atoms with Crippen LogP contribution >= 0.6 is 0 Å². The molecule has 0 fully saturated rings. The van der Waals surface area contributed by atoms with Crippen molar-refractivity contribution in [3.8, 4) is 0 Å². The molecule has 48 heavy (non-hydrogen) atoms. The highest BCUT2D eigenvalue weighted by atomic mass is 15.2. The van der Waals surface area contributed by atoms with Crippen molar-refractivity contribution in [3.05, 3.63) is 160 Å². The van der Waals surface area contributed by atoms with Gasteiger partial charge in [0.25, 0.3) is 0 Å². The zero-order valence-electron chi connectivity index (χ0n) is 29.6. The van der Waals surface area contributed by atoms with Crippen LogP contribution in [0.4, 0.5) is 28.4 Å². The lowest BCUT2D eigenvalue weighted by Crippen LogP contribution is -2.21. The molecule has 7 rings (SSSR count). The maximum absolute atomic E-state index is 2.51. The molecular weight excluding hydrogens is 581 g/mol. The van der Waals surface area contributed by atoms with E-state index in [-0.39, 0.29) is 0 Å². The van der Waals surface area contributed by atoms with Gasteiger partial charge in [0, 0.05) is 44.3 Å². The van der Waals surface area contributed by atoms with Gasteiger partial charge in [-0.25, -0.2) is 0 Å². The van der Waals surface area contributed by atoms with Crippen LogP contribution in [-0.2, 0) is 0 Å². The van der Waals surface area contributed by atoms with Gasteiger partial charge in [-0.05, 0) is 129 Å². The lowest BCUT2D eigenvalue weighted by molar-refractivity contribution is 0.547. The number of hydrogen-bond acceptors (Lipinski definition) is 2. The SMILES string of the molecule is Cc1ccc(N(C2=CC(C)C(C)C=C2)c2c3ccccc3c(N(c3ccc(C)c(C)c3)c3ccc(C)c(C)c3)c3ccccc23)cc1C. The molecule has 0 amide bonds. The van der Waals surface area contributed by atoms with Crippen molar-refractivity contribution in [1.82, 2.24) is 0 Å². The Morgan fingerprint density at radius 3 is 1.17 bits per heavy atom. The Hall–Kier alpha value is -5.08. The molecular formula is C46H46N2. The van der Waals surface area contributed by atoms with Crippen molar-refractivity contribution in [2.24, 2.45) is 11.8 Å². The van der Waals surface area contributed by atoms with Gasteiger partial charge in [-0.1, -0.05) is 92.7 Å². The maximum atomic E-state index is 2.51. The van der Waals surface area contributed by atoms with Crippen LogP contribution < -0.4 is 9.80 Å². The third-order valence-electron chi connectivity index (χ3n) is 10.7. The van der Waals surface area contributed by atoms with Crippen molar-refractivity contribution >= 4 is 50.0 Å². The number of allylic oxidation sites excluding steroid dienone is 3. The molecule has 2 nitrogen and oxygen atoms in total. The van der Waals surface area contributed by atoms with Crippen molar-refractivity contribution in [2.75, 3.05) is 9.80 Å². The maximum Gasteiger partial charge on any atom is 0.0619 e. The van der Waals surface area contributed by atoms with Crippen molar-refractivity contribution in [2.45, 2.75) is 55.4 Å². The molecule has 0 saturated heterocycles. The number of rotatable bonds is 6. The van der Waals surface area contributed by atoms with Crippen LogP contribution in [0.15, 0.2) is 127 Å². The lowest BCUT2D eigenvalue weighted by Gasteiger charge is -2.35. The van der Waals surface area contributed by atoms with Crippen molar-refractivity contribution < 1.29 is 0 Å². The fourth-order valence-electron chi connectivity index (χ4n) is 7.02. The van der Waals surface area contributed by atoms with Gasteiger partial charge in [0.15, 0.2) is 0 Å². The molecule has 0 N–H and O–H groups in total. The van der Waals surface area contributed by atoms with Gasteiger partial charge < -0.3 is 9.80 Å². The number of fused-ring (bicyclic) bond motifs is 2. The lowest BCUT2D eigenvalue weighted by atomic mass is 9.89. The highest BCUT2D eigenvalue weighted by molar-refractivity contribution is 6.23. The number of nitrogens with zero attached hydrogens (tertiary/aromatic N) is 2. The first-order valence-electron chi connectivity index (χ1n) is 17.3. The van der Waals surface area contributed by atoms with Gasteiger partial charge in [0.1, 0.15) is 0 Å². The predicted octanol–water partition coefficient (Wildman–Crippen LogP) is 13.2. The highest BCUT2D eigenvalue weighted by Crippen LogP contribution is 2.51. The first-order chi connectivity index (χ1) is 23.1. The molecule has 0 aliphatic heterocycles. The third kappa shape index (κ3) is 5.50. The van der Waals surface area contributed by atoms with E-state index in [1.54, 1.807) is 0 Å². The van der Waals surface area contributed by atoms with E-state index in [4.69, 9.17) is 0 Å². The van der Waals surface area contributed by atoms with Crippen LogP contribution in [0.3, 0.4) is 0 Å². The summed E-state index contributed by atoms with van der Waals surface area (Å²) in [6.45, 7) is 17.9. The van der Waals surface area contributed by atoms with E-state index in [2.05, 4.69) is 187 Å². The first kappa shape index (κ1) is 31.5. The van der Waals surface area contributed by atoms with E-state index >= 15 is 0 Å². The molecule has 0 aromatic heterocycles. The second kappa shape index (κ2) is 12.5. The molecule has 0 heterocycles. The second-order valence-corrected chi connectivity index (χ2v) is 13.9. The Labute approximate surface area is 286 Å². The molecule has 0 spiro atoms. The van der Waals surface area contributed by atoms with E-state index in [9.17, 15) is 0 Å². The quantitative estimate of drug-likeness (QED) is 0.134. The summed E-state index contributed by atoms with van der Waals surface area (Å²) in [5.74, 6) is 0.927. The van der Waals surface area contributed by atoms with Gasteiger partial charge in [-0.15, -0.1) is 0 Å². The Bertz CT molecular complexity index is 2140. The van der Waals surface area contributed by atoms with E-state index < -0.39 is 0 Å². The van der Waals surface area contributed by atoms with Crippen LogP contribution in [0.25, 0.3) is 21.5 Å². The Morgan fingerprint density at radius 1 is 0.417 bits per heavy atom. The highest BCUT2D eigenvalue weighted by Gasteiger charge is 2.27. The molecule has 240 valence electrons. The molecule has 6 aromatic carbocycles. The van der Waals surface area contributed by atoms with Crippen LogP contribution in [0.2, 0.25) is 0 Å². The fraction of sp³-hybridized carbons (Fsp3) is 0.217. The van der Waals surface area contributed by atoms with Crippen LogP contribution in [0.5, 0.6) is 0 Å². The van der Waals surface area contributed by atoms with E-state index in [1.165, 1.54) is 77.7 Å². The number of anilines is 5. The second-order valence-electron chi connectivity index (χ2n) is 13.9. The van der Waals surface area contributed by atoms with Gasteiger partial charge in [0.05, 0.1) is 11.4 Å². The van der Waals surface area contributed by atoms with Crippen molar-refractivity contribution in [1.29, 1.82) is 0 Å². The Kier molecular flexibility index (Phi) is 8.21. The molecule has 1 aliphatic carbocycles. The fourth-order valence-corrected chi connectivity index (χ4v) is 7.02. The summed E-state index contributed by atoms with van der Waals surface area (Å²) >= 11 is 0. The van der Waals surface area contributed by atoms with Crippen molar-refractivity contribution in [3.63, 3.8) is 0 Å². The van der Waals surface area contributed by atoms with E-state index in [1.807, 2.05) is 0 Å². The van der Waals surface area contributed by atoms with E-state index in [0.717, 1.165) is 11.4 Å². The zero-order chi connectivity index (χ0) is 33.7. The zero-order valence-corrected chi connectivity index (χ0v) is 29.6. The van der Waals surface area contributed by atoms with Crippen LogP contribution in [0.1, 0.15) is 47.2 Å². The average Bonchev–Trinajstić information content (AvgIpc) is 3.08. The number of benzene rings is 6. The van der Waals surface area contributed by atoms with Crippen LogP contribution in [-0.4, -0.2) is 0 Å². The Balaban J connectivity index is 1.61. The molecule has 0 bridgehead atoms. The minimum absolute atomic E-state index is 0.431. The molecule has 6 aromatic rings. The minimum atomic E-state index is 0.431. The van der Waals surface area contributed by atoms with Gasteiger partial charge in [-0.2, -0.15) is 0 Å². The number of aryl methyl sites for hydroxylation is 6. The standard InChI is InChI=1S/C46H46N2/c1-29-17-21-37(25-33(29)5)47(38-22-18-30(2)34(6)26-38)45-41-13-9-11-15-43(41)46(44-16-12-10-14-42(44)45)48(39-23-19-31(3)35(7)27-39)40-24-20-32(4)36(8)28-40/h9-29,33H,1-8H3. The topological polar surface area (TPSA) is 6.48 Å². The summed E-state index contributed by atoms with van der Waals surface area (Å²) in [4.78, 5) is 4.99. The smallest absolute Gasteiger partial charge is 0.0619 e. The monoisotopic (exact) mass is 626 g/mol. The molecule has 2 atom stereocenters. The molecule has 2 heteroatoms. The normalized spacial score (nSPS) is 16.0. The van der Waals surface area contributed by atoms with Gasteiger partial charge in [-0.3, -0.25) is 0 Å². The largest absolute Gasteiger partial charge is 0.310 e. The Morgan fingerprint density at radius 2 is 0.792 bits per heavy atom. The number of hydrogen-bond donors (Lipinski definition) is 0. The third-order valence-corrected chi connectivity index (χ3v) is 10.7. The molecule has 2 unspecified atom stereocenters. The molecule has 0 radical (unpaired) electrons. The summed E-state index contributed by atoms with van der Waals surface area (Å²) in [5.41, 5.74) is 14.9. The molecule has 1 aliphatic rings. The van der Waals surface area contributed by atoms with Gasteiger partial charge in [0.2, 0.25) is 0 Å². The minimum Gasteiger partial charge on any atom is -0.310 e. The van der Waals surface area contributed by atoms with Crippen LogP contribution in [0, 0.1) is 53.4 Å². The average molecular weight is 627 g/mol. The summed E-state index contributed by atoms with van der Waals surface area (Å²) in [6.07, 6.45) is 7.15. The predicted molar refractivity (Wildman–Crippen MR) is 209 cm³/mol. The summed E-state index contributed by atoms with van der Waals surface area (Å²) in [6, 6.07) is 38.6.